The van der Waals surface area contributed by atoms with Crippen LogP contribution in [-0.4, -0.2) is 13.1 Å². The minimum absolute atomic E-state index is 0. The highest BCUT2D eigenvalue weighted by Gasteiger charge is 2.33. The second-order valence-corrected chi connectivity index (χ2v) is 4.87. The third-order valence-electron chi connectivity index (χ3n) is 3.05. The van der Waals surface area contributed by atoms with Crippen molar-refractivity contribution < 1.29 is 0 Å². The van der Waals surface area contributed by atoms with E-state index in [-0.39, 0.29) is 17.8 Å². The molecule has 1 saturated heterocycles. The Balaban J connectivity index is 0.00000128. The van der Waals surface area contributed by atoms with Crippen molar-refractivity contribution >= 4 is 28.3 Å². The lowest BCUT2D eigenvalue weighted by Gasteiger charge is -2.31. The van der Waals surface area contributed by atoms with Gasteiger partial charge in [0.1, 0.15) is 0 Å². The molecule has 0 spiro atoms. The Morgan fingerprint density at radius 2 is 2.00 bits per heavy atom. The van der Waals surface area contributed by atoms with Crippen molar-refractivity contribution in [3.05, 3.63) is 34.3 Å². The first-order chi connectivity index (χ1) is 7.27. The number of rotatable bonds is 1. The van der Waals surface area contributed by atoms with Crippen molar-refractivity contribution in [3.8, 4) is 6.07 Å². The van der Waals surface area contributed by atoms with Crippen LogP contribution in [0.4, 0.5) is 0 Å². The minimum Gasteiger partial charge on any atom is -0.317 e. The summed E-state index contributed by atoms with van der Waals surface area (Å²) in [6.07, 6.45) is 1.81. The highest BCUT2D eigenvalue weighted by molar-refractivity contribution is 9.10. The second kappa shape index (κ2) is 5.67. The van der Waals surface area contributed by atoms with E-state index in [9.17, 15) is 5.26 Å². The van der Waals surface area contributed by atoms with Gasteiger partial charge >= 0.3 is 0 Å². The topological polar surface area (TPSA) is 35.8 Å². The average molecular weight is 302 g/mol. The van der Waals surface area contributed by atoms with Crippen LogP contribution in [0.5, 0.6) is 0 Å². The first-order valence-corrected chi connectivity index (χ1v) is 5.94. The maximum atomic E-state index is 9.39. The summed E-state index contributed by atoms with van der Waals surface area (Å²) in [5, 5.41) is 12.7. The molecule has 1 fully saturated rings. The van der Waals surface area contributed by atoms with E-state index in [0.29, 0.717) is 0 Å². The zero-order chi connectivity index (χ0) is 10.7. The highest BCUT2D eigenvalue weighted by atomic mass is 79.9. The number of nitriles is 1. The van der Waals surface area contributed by atoms with E-state index >= 15 is 0 Å². The fraction of sp³-hybridized carbons (Fsp3) is 0.417. The lowest BCUT2D eigenvalue weighted by molar-refractivity contribution is 0.382. The van der Waals surface area contributed by atoms with Gasteiger partial charge in [0, 0.05) is 4.47 Å². The molecule has 0 saturated carbocycles. The molecule has 1 aliphatic heterocycles. The van der Waals surface area contributed by atoms with Gasteiger partial charge in [-0.3, -0.25) is 0 Å². The van der Waals surface area contributed by atoms with Gasteiger partial charge in [0.2, 0.25) is 0 Å². The van der Waals surface area contributed by atoms with E-state index in [4.69, 9.17) is 0 Å². The predicted molar refractivity (Wildman–Crippen MR) is 70.8 cm³/mol. The molecule has 1 aromatic rings. The van der Waals surface area contributed by atoms with Gasteiger partial charge in [-0.1, -0.05) is 28.1 Å². The number of halogens is 2. The van der Waals surface area contributed by atoms with Crippen molar-refractivity contribution in [1.82, 2.24) is 5.32 Å². The molecule has 1 N–H and O–H groups in total. The molecule has 0 bridgehead atoms. The standard InChI is InChI=1S/C12H13BrN2.ClH/c13-11-3-1-2-10(8-11)12(9-14)4-6-15-7-5-12;/h1-3,8,15H,4-7H2;1H. The van der Waals surface area contributed by atoms with E-state index in [1.165, 1.54) is 0 Å². The summed E-state index contributed by atoms with van der Waals surface area (Å²) in [7, 11) is 0. The Hall–Kier alpha value is -0.560. The van der Waals surface area contributed by atoms with Crippen molar-refractivity contribution in [1.29, 1.82) is 5.26 Å². The van der Waals surface area contributed by atoms with Gasteiger partial charge in [0.25, 0.3) is 0 Å². The van der Waals surface area contributed by atoms with E-state index < -0.39 is 0 Å². The molecular weight excluding hydrogens is 288 g/mol. The van der Waals surface area contributed by atoms with E-state index in [0.717, 1.165) is 36.0 Å². The number of benzene rings is 1. The summed E-state index contributed by atoms with van der Waals surface area (Å²) >= 11 is 3.46. The van der Waals surface area contributed by atoms with Crippen molar-refractivity contribution in [2.45, 2.75) is 18.3 Å². The third kappa shape index (κ3) is 2.57. The Kier molecular flexibility index (Phi) is 4.79. The lowest BCUT2D eigenvalue weighted by atomic mass is 9.74. The van der Waals surface area contributed by atoms with E-state index in [1.807, 2.05) is 12.1 Å². The maximum absolute atomic E-state index is 9.39. The lowest BCUT2D eigenvalue weighted by Crippen LogP contribution is -2.38. The van der Waals surface area contributed by atoms with Crippen molar-refractivity contribution in [2.75, 3.05) is 13.1 Å². The van der Waals surface area contributed by atoms with Crippen molar-refractivity contribution in [2.24, 2.45) is 0 Å². The molecule has 0 unspecified atom stereocenters. The number of hydrogen-bond acceptors (Lipinski definition) is 2. The smallest absolute Gasteiger partial charge is 0.0846 e. The van der Waals surface area contributed by atoms with Crippen LogP contribution in [-0.2, 0) is 5.41 Å². The molecule has 4 heteroatoms. The maximum Gasteiger partial charge on any atom is 0.0846 e. The van der Waals surface area contributed by atoms with Crippen molar-refractivity contribution in [3.63, 3.8) is 0 Å². The molecular formula is C12H14BrClN2. The molecule has 0 amide bonds. The molecule has 0 radical (unpaired) electrons. The summed E-state index contributed by atoms with van der Waals surface area (Å²) < 4.78 is 1.05. The first-order valence-electron chi connectivity index (χ1n) is 5.15. The normalized spacial score (nSPS) is 18.2. The van der Waals surface area contributed by atoms with Crippen LogP contribution < -0.4 is 5.32 Å². The van der Waals surface area contributed by atoms with Crippen LogP contribution in [0.1, 0.15) is 18.4 Å². The van der Waals surface area contributed by atoms with Gasteiger partial charge in [-0.2, -0.15) is 5.26 Å². The number of hydrogen-bond donors (Lipinski definition) is 1. The summed E-state index contributed by atoms with van der Waals surface area (Å²) in [5.74, 6) is 0. The average Bonchev–Trinajstić information content (AvgIpc) is 2.30. The first kappa shape index (κ1) is 13.5. The zero-order valence-electron chi connectivity index (χ0n) is 8.87. The van der Waals surface area contributed by atoms with Gasteiger partial charge in [-0.25, -0.2) is 0 Å². The van der Waals surface area contributed by atoms with Crippen LogP contribution in [0.15, 0.2) is 28.7 Å². The molecule has 2 nitrogen and oxygen atoms in total. The Morgan fingerprint density at radius 1 is 1.31 bits per heavy atom. The van der Waals surface area contributed by atoms with Gasteiger partial charge in [-0.15, -0.1) is 12.4 Å². The summed E-state index contributed by atoms with van der Waals surface area (Å²) in [5.41, 5.74) is 0.857. The minimum atomic E-state index is -0.283. The van der Waals surface area contributed by atoms with Gasteiger partial charge in [-0.05, 0) is 43.6 Å². The summed E-state index contributed by atoms with van der Waals surface area (Å²) in [4.78, 5) is 0. The van der Waals surface area contributed by atoms with Crippen LogP contribution in [0.25, 0.3) is 0 Å². The van der Waals surface area contributed by atoms with E-state index in [1.54, 1.807) is 0 Å². The molecule has 86 valence electrons. The van der Waals surface area contributed by atoms with Crippen LogP contribution in [0, 0.1) is 11.3 Å². The Bertz CT molecular complexity index is 394. The molecule has 2 rings (SSSR count). The van der Waals surface area contributed by atoms with Gasteiger partial charge < -0.3 is 5.32 Å². The number of nitrogens with one attached hydrogen (secondary N) is 1. The monoisotopic (exact) mass is 300 g/mol. The Morgan fingerprint density at radius 3 is 2.56 bits per heavy atom. The zero-order valence-corrected chi connectivity index (χ0v) is 11.3. The second-order valence-electron chi connectivity index (χ2n) is 3.95. The largest absolute Gasteiger partial charge is 0.317 e. The fourth-order valence-electron chi connectivity index (χ4n) is 2.10. The Labute approximate surface area is 111 Å². The van der Waals surface area contributed by atoms with E-state index in [2.05, 4.69) is 39.4 Å². The molecule has 1 aromatic carbocycles. The van der Waals surface area contributed by atoms with Crippen LogP contribution in [0.2, 0.25) is 0 Å². The highest BCUT2D eigenvalue weighted by Crippen LogP contribution is 2.33. The summed E-state index contributed by atoms with van der Waals surface area (Å²) in [6.45, 7) is 1.86. The quantitative estimate of drug-likeness (QED) is 0.865. The molecule has 0 atom stereocenters. The molecule has 0 aliphatic carbocycles. The van der Waals surface area contributed by atoms with Crippen LogP contribution in [0.3, 0.4) is 0 Å². The third-order valence-corrected chi connectivity index (χ3v) is 3.54. The fourth-order valence-corrected chi connectivity index (χ4v) is 2.50. The predicted octanol–water partition coefficient (Wildman–Crippen LogP) is 3.02. The SMILES string of the molecule is Cl.N#CC1(c2cccc(Br)c2)CCNCC1. The molecule has 1 aliphatic rings. The molecule has 0 aromatic heterocycles. The van der Waals surface area contributed by atoms with Gasteiger partial charge in [0.15, 0.2) is 0 Å². The molecule has 16 heavy (non-hydrogen) atoms. The van der Waals surface area contributed by atoms with Crippen LogP contribution >= 0.6 is 28.3 Å². The van der Waals surface area contributed by atoms with Gasteiger partial charge in [0.05, 0.1) is 11.5 Å². The number of piperidine rings is 1. The molecule has 1 heterocycles. The summed E-state index contributed by atoms with van der Waals surface area (Å²) in [6, 6.07) is 10.6. The number of nitrogens with zero attached hydrogens (tertiary/aromatic N) is 1.